The Balaban J connectivity index is 1.64. The van der Waals surface area contributed by atoms with E-state index in [2.05, 4.69) is 10.3 Å². The highest BCUT2D eigenvalue weighted by atomic mass is 19.1. The molecule has 0 spiro atoms. The molecule has 0 aliphatic carbocycles. The molecule has 1 fully saturated rings. The van der Waals surface area contributed by atoms with E-state index in [0.29, 0.717) is 24.5 Å². The summed E-state index contributed by atoms with van der Waals surface area (Å²) in [6, 6.07) is 7.10. The quantitative estimate of drug-likeness (QED) is 0.680. The van der Waals surface area contributed by atoms with Gasteiger partial charge in [-0.2, -0.15) is 0 Å². The number of carbonyl (C=O) groups excluding carboxylic acids is 1. The van der Waals surface area contributed by atoms with E-state index >= 15 is 0 Å². The molecule has 2 heterocycles. The summed E-state index contributed by atoms with van der Waals surface area (Å²) in [5, 5.41) is 13.8. The SMILES string of the molecule is Cc1ccc(F)cc1C(=O)N1CC[C@@H](Nc2ccc([N+](=O)[O-])cn2)C1. The van der Waals surface area contributed by atoms with Crippen molar-refractivity contribution in [2.75, 3.05) is 18.4 Å². The average molecular weight is 344 g/mol. The summed E-state index contributed by atoms with van der Waals surface area (Å²) >= 11 is 0. The van der Waals surface area contributed by atoms with Crippen LogP contribution >= 0.6 is 0 Å². The van der Waals surface area contributed by atoms with Crippen LogP contribution in [0.4, 0.5) is 15.9 Å². The molecule has 1 aliphatic rings. The van der Waals surface area contributed by atoms with Gasteiger partial charge in [-0.25, -0.2) is 9.37 Å². The topological polar surface area (TPSA) is 88.4 Å². The van der Waals surface area contributed by atoms with E-state index in [1.165, 1.54) is 24.4 Å². The zero-order chi connectivity index (χ0) is 18.0. The van der Waals surface area contributed by atoms with E-state index in [1.807, 2.05) is 0 Å². The molecule has 1 aromatic carbocycles. The minimum absolute atomic E-state index is 0.00762. The molecule has 2 aromatic rings. The van der Waals surface area contributed by atoms with Crippen molar-refractivity contribution in [1.82, 2.24) is 9.88 Å². The molecule has 25 heavy (non-hydrogen) atoms. The maximum Gasteiger partial charge on any atom is 0.287 e. The van der Waals surface area contributed by atoms with Crippen molar-refractivity contribution in [3.8, 4) is 0 Å². The first-order chi connectivity index (χ1) is 11.9. The van der Waals surface area contributed by atoms with E-state index in [1.54, 1.807) is 24.0 Å². The van der Waals surface area contributed by atoms with Crippen LogP contribution in [0.25, 0.3) is 0 Å². The number of amides is 1. The molecule has 1 N–H and O–H groups in total. The first-order valence-corrected chi connectivity index (χ1v) is 7.86. The van der Waals surface area contributed by atoms with Crippen LogP contribution in [0.2, 0.25) is 0 Å². The van der Waals surface area contributed by atoms with Gasteiger partial charge >= 0.3 is 0 Å². The Kier molecular flexibility index (Phi) is 4.60. The lowest BCUT2D eigenvalue weighted by atomic mass is 10.1. The van der Waals surface area contributed by atoms with Crippen LogP contribution in [-0.4, -0.2) is 39.8 Å². The predicted molar refractivity (Wildman–Crippen MR) is 90.0 cm³/mol. The van der Waals surface area contributed by atoms with Crippen LogP contribution in [0.3, 0.4) is 0 Å². The Labute approximate surface area is 143 Å². The standard InChI is InChI=1S/C17H17FN4O3/c1-11-2-3-12(18)8-15(11)17(23)21-7-6-13(10-21)20-16-5-4-14(9-19-16)22(24)25/h2-5,8-9,13H,6-7,10H2,1H3,(H,19,20)/t13-/m1/s1. The highest BCUT2D eigenvalue weighted by Crippen LogP contribution is 2.20. The number of carbonyl (C=O) groups is 1. The summed E-state index contributed by atoms with van der Waals surface area (Å²) in [6.45, 7) is 2.80. The lowest BCUT2D eigenvalue weighted by Gasteiger charge is -2.18. The molecule has 1 amide bonds. The van der Waals surface area contributed by atoms with E-state index in [-0.39, 0.29) is 17.6 Å². The predicted octanol–water partition coefficient (Wildman–Crippen LogP) is 2.76. The van der Waals surface area contributed by atoms with Crippen LogP contribution in [0.15, 0.2) is 36.5 Å². The smallest absolute Gasteiger partial charge is 0.287 e. The van der Waals surface area contributed by atoms with E-state index < -0.39 is 10.7 Å². The van der Waals surface area contributed by atoms with Gasteiger partial charge in [0.25, 0.3) is 11.6 Å². The van der Waals surface area contributed by atoms with Crippen molar-refractivity contribution in [3.05, 3.63) is 63.6 Å². The number of nitrogens with zero attached hydrogens (tertiary/aromatic N) is 3. The normalized spacial score (nSPS) is 16.7. The zero-order valence-corrected chi connectivity index (χ0v) is 13.6. The van der Waals surface area contributed by atoms with Crippen LogP contribution in [0, 0.1) is 22.9 Å². The van der Waals surface area contributed by atoms with Gasteiger partial charge in [-0.15, -0.1) is 0 Å². The molecule has 8 heteroatoms. The summed E-state index contributed by atoms with van der Waals surface area (Å²) in [6.07, 6.45) is 1.91. The van der Waals surface area contributed by atoms with Gasteiger partial charge in [-0.3, -0.25) is 14.9 Å². The molecule has 7 nitrogen and oxygen atoms in total. The Morgan fingerprint density at radius 1 is 1.40 bits per heavy atom. The average Bonchev–Trinajstić information content (AvgIpc) is 3.05. The molecule has 3 rings (SSSR count). The lowest BCUT2D eigenvalue weighted by Crippen LogP contribution is -2.32. The lowest BCUT2D eigenvalue weighted by molar-refractivity contribution is -0.385. The molecular weight excluding hydrogens is 327 g/mol. The van der Waals surface area contributed by atoms with Crippen molar-refractivity contribution in [1.29, 1.82) is 0 Å². The highest BCUT2D eigenvalue weighted by Gasteiger charge is 2.28. The zero-order valence-electron chi connectivity index (χ0n) is 13.6. The Morgan fingerprint density at radius 2 is 2.20 bits per heavy atom. The molecule has 1 saturated heterocycles. The molecule has 130 valence electrons. The maximum absolute atomic E-state index is 13.4. The number of hydrogen-bond acceptors (Lipinski definition) is 5. The van der Waals surface area contributed by atoms with Crippen LogP contribution in [0.5, 0.6) is 0 Å². The Morgan fingerprint density at radius 3 is 2.88 bits per heavy atom. The number of hydrogen-bond donors (Lipinski definition) is 1. The number of nitro groups is 1. The summed E-state index contributed by atoms with van der Waals surface area (Å²) in [5.41, 5.74) is 1.03. The van der Waals surface area contributed by atoms with Gasteiger partial charge in [-0.1, -0.05) is 6.07 Å². The van der Waals surface area contributed by atoms with Crippen LogP contribution < -0.4 is 5.32 Å². The van der Waals surface area contributed by atoms with Gasteiger partial charge in [0, 0.05) is 30.8 Å². The first kappa shape index (κ1) is 16.8. The number of benzene rings is 1. The molecule has 0 bridgehead atoms. The molecule has 1 aromatic heterocycles. The van der Waals surface area contributed by atoms with E-state index in [9.17, 15) is 19.3 Å². The Bertz CT molecular complexity index is 810. The van der Waals surface area contributed by atoms with Gasteiger partial charge in [-0.05, 0) is 37.1 Å². The second kappa shape index (κ2) is 6.84. The number of nitrogens with one attached hydrogen (secondary N) is 1. The molecular formula is C17H17FN4O3. The summed E-state index contributed by atoms with van der Waals surface area (Å²) < 4.78 is 13.4. The largest absolute Gasteiger partial charge is 0.365 e. The van der Waals surface area contributed by atoms with Gasteiger partial charge in [0.05, 0.1) is 4.92 Å². The van der Waals surface area contributed by atoms with Gasteiger partial charge < -0.3 is 10.2 Å². The van der Waals surface area contributed by atoms with Crippen molar-refractivity contribution in [3.63, 3.8) is 0 Å². The third-order valence-electron chi connectivity index (χ3n) is 4.22. The minimum atomic E-state index is -0.506. The molecule has 1 aliphatic heterocycles. The van der Waals surface area contributed by atoms with E-state index in [4.69, 9.17) is 0 Å². The fourth-order valence-electron chi connectivity index (χ4n) is 2.85. The highest BCUT2D eigenvalue weighted by molar-refractivity contribution is 5.95. The van der Waals surface area contributed by atoms with Crippen molar-refractivity contribution in [2.45, 2.75) is 19.4 Å². The fraction of sp³-hybridized carbons (Fsp3) is 0.294. The second-order valence-electron chi connectivity index (χ2n) is 6.00. The van der Waals surface area contributed by atoms with Crippen LogP contribution in [-0.2, 0) is 0 Å². The van der Waals surface area contributed by atoms with Crippen molar-refractivity contribution < 1.29 is 14.1 Å². The Hall–Kier alpha value is -3.03. The third kappa shape index (κ3) is 3.73. The second-order valence-corrected chi connectivity index (χ2v) is 6.00. The summed E-state index contributed by atoms with van der Waals surface area (Å²) in [4.78, 5) is 28.4. The summed E-state index contributed by atoms with van der Waals surface area (Å²) in [7, 11) is 0. The number of likely N-dealkylation sites (tertiary alicyclic amines) is 1. The van der Waals surface area contributed by atoms with Gasteiger partial charge in [0.2, 0.25) is 0 Å². The van der Waals surface area contributed by atoms with Gasteiger partial charge in [0.15, 0.2) is 0 Å². The monoisotopic (exact) mass is 344 g/mol. The number of aromatic nitrogens is 1. The summed E-state index contributed by atoms with van der Waals surface area (Å²) in [5.74, 6) is -0.109. The molecule has 0 unspecified atom stereocenters. The van der Waals surface area contributed by atoms with Gasteiger partial charge in [0.1, 0.15) is 17.8 Å². The number of halogens is 1. The molecule has 1 atom stereocenters. The van der Waals surface area contributed by atoms with Crippen molar-refractivity contribution >= 4 is 17.4 Å². The first-order valence-electron chi connectivity index (χ1n) is 7.86. The fourth-order valence-corrected chi connectivity index (χ4v) is 2.85. The number of anilines is 1. The number of aryl methyl sites for hydroxylation is 1. The maximum atomic E-state index is 13.4. The number of pyridine rings is 1. The van der Waals surface area contributed by atoms with Crippen LogP contribution in [0.1, 0.15) is 22.3 Å². The van der Waals surface area contributed by atoms with Crippen molar-refractivity contribution in [2.24, 2.45) is 0 Å². The minimum Gasteiger partial charge on any atom is -0.365 e. The van der Waals surface area contributed by atoms with E-state index in [0.717, 1.165) is 12.0 Å². The molecule has 0 radical (unpaired) electrons. The third-order valence-corrected chi connectivity index (χ3v) is 4.22. The number of rotatable bonds is 4. The molecule has 0 saturated carbocycles.